The number of rotatable bonds is 6. The zero-order valence-electron chi connectivity index (χ0n) is 18.4. The standard InChI is InChI=1S/2C12H19P.Pd/c2*1-10(2)13(11(3)4)12-8-6-5-7-9-12;/h2*5-11H,1-4H3;/p+2. The minimum Gasteiger partial charge on any atom is -0.0620 e. The van der Waals surface area contributed by atoms with Crippen LogP contribution in [-0.2, 0) is 20.4 Å². The normalized spacial score (nSPS) is 11.2. The molecule has 27 heavy (non-hydrogen) atoms. The van der Waals surface area contributed by atoms with Crippen molar-refractivity contribution in [3.63, 3.8) is 0 Å². The van der Waals surface area contributed by atoms with Gasteiger partial charge in [-0.3, -0.25) is 0 Å². The average Bonchev–Trinajstić information content (AvgIpc) is 2.56. The first kappa shape index (κ1) is 27.0. The fraction of sp³-hybridized carbons (Fsp3) is 0.500. The maximum absolute atomic E-state index is 2.35. The molecule has 0 aliphatic rings. The maximum atomic E-state index is 2.35. The van der Waals surface area contributed by atoms with Crippen molar-refractivity contribution in [2.24, 2.45) is 0 Å². The summed E-state index contributed by atoms with van der Waals surface area (Å²) in [6.45, 7) is 18.8. The number of hydrogen-bond acceptors (Lipinski definition) is 0. The molecular formula is C24H40P2Pd+2. The van der Waals surface area contributed by atoms with Gasteiger partial charge < -0.3 is 0 Å². The second-order valence-corrected chi connectivity index (χ2v) is 15.9. The third-order valence-corrected chi connectivity index (χ3v) is 11.7. The van der Waals surface area contributed by atoms with Crippen molar-refractivity contribution in [2.45, 2.75) is 78.0 Å². The van der Waals surface area contributed by atoms with Crippen molar-refractivity contribution in [1.29, 1.82) is 0 Å². The Morgan fingerprint density at radius 3 is 0.852 bits per heavy atom. The Bertz CT molecular complexity index is 523. The van der Waals surface area contributed by atoms with E-state index in [-0.39, 0.29) is 36.3 Å². The molecule has 2 rings (SSSR count). The molecule has 0 aliphatic heterocycles. The van der Waals surface area contributed by atoms with E-state index in [4.69, 9.17) is 0 Å². The Balaban J connectivity index is 0.000000483. The molecule has 0 nitrogen and oxygen atoms in total. The third-order valence-electron chi connectivity index (χ3n) is 4.70. The topological polar surface area (TPSA) is 0 Å². The fourth-order valence-corrected chi connectivity index (χ4v) is 10.4. The van der Waals surface area contributed by atoms with Crippen molar-refractivity contribution in [3.8, 4) is 0 Å². The van der Waals surface area contributed by atoms with E-state index in [9.17, 15) is 0 Å². The molecule has 0 N–H and O–H groups in total. The van der Waals surface area contributed by atoms with Crippen LogP contribution >= 0.6 is 15.8 Å². The molecule has 2 aromatic carbocycles. The van der Waals surface area contributed by atoms with Gasteiger partial charge in [0.1, 0.15) is 0 Å². The minimum absolute atomic E-state index is 0. The van der Waals surface area contributed by atoms with Crippen LogP contribution in [0.4, 0.5) is 0 Å². The second kappa shape index (κ2) is 14.0. The van der Waals surface area contributed by atoms with Gasteiger partial charge >= 0.3 is 0 Å². The maximum Gasteiger partial charge on any atom is 0.0920 e. The van der Waals surface area contributed by atoms with Crippen LogP contribution in [0.25, 0.3) is 0 Å². The predicted molar refractivity (Wildman–Crippen MR) is 129 cm³/mol. The van der Waals surface area contributed by atoms with Crippen molar-refractivity contribution in [1.82, 2.24) is 0 Å². The number of benzene rings is 2. The molecule has 3 heteroatoms. The van der Waals surface area contributed by atoms with E-state index in [2.05, 4.69) is 116 Å². The van der Waals surface area contributed by atoms with E-state index in [1.54, 1.807) is 10.6 Å². The second-order valence-electron chi connectivity index (χ2n) is 8.26. The Morgan fingerprint density at radius 2 is 0.667 bits per heavy atom. The SMILES string of the molecule is CC(C)[PH+](c1ccccc1)C(C)C.CC(C)[PH+](c1ccccc1)C(C)C.[Pd]. The minimum atomic E-state index is -0.356. The van der Waals surface area contributed by atoms with Gasteiger partial charge in [0, 0.05) is 36.3 Å². The molecule has 0 amide bonds. The van der Waals surface area contributed by atoms with Crippen LogP contribution < -0.4 is 10.6 Å². The molecule has 0 fully saturated rings. The van der Waals surface area contributed by atoms with Gasteiger partial charge in [0.25, 0.3) is 0 Å². The first-order chi connectivity index (χ1) is 12.3. The molecule has 0 saturated carbocycles. The summed E-state index contributed by atoms with van der Waals surface area (Å²) in [4.78, 5) is 0. The van der Waals surface area contributed by atoms with Crippen molar-refractivity contribution < 1.29 is 20.4 Å². The summed E-state index contributed by atoms with van der Waals surface area (Å²) in [6.07, 6.45) is 0. The first-order valence-corrected chi connectivity index (χ1v) is 13.4. The zero-order valence-corrected chi connectivity index (χ0v) is 22.0. The molecule has 0 heterocycles. The van der Waals surface area contributed by atoms with Gasteiger partial charge in [-0.25, -0.2) is 0 Å². The van der Waals surface area contributed by atoms with Crippen LogP contribution in [0.2, 0.25) is 0 Å². The third kappa shape index (κ3) is 9.33. The van der Waals surface area contributed by atoms with Gasteiger partial charge in [-0.2, -0.15) is 0 Å². The van der Waals surface area contributed by atoms with E-state index >= 15 is 0 Å². The van der Waals surface area contributed by atoms with Crippen LogP contribution in [0, 0.1) is 0 Å². The molecule has 0 aliphatic carbocycles. The van der Waals surface area contributed by atoms with Crippen molar-refractivity contribution >= 4 is 26.5 Å². The quantitative estimate of drug-likeness (QED) is 0.309. The Morgan fingerprint density at radius 1 is 0.444 bits per heavy atom. The van der Waals surface area contributed by atoms with Crippen LogP contribution in [0.3, 0.4) is 0 Å². The largest absolute Gasteiger partial charge is 0.0920 e. The summed E-state index contributed by atoms with van der Waals surface area (Å²) in [7, 11) is -0.712. The summed E-state index contributed by atoms with van der Waals surface area (Å²) in [5, 5.41) is 3.16. The van der Waals surface area contributed by atoms with E-state index < -0.39 is 0 Å². The summed E-state index contributed by atoms with van der Waals surface area (Å²) in [5.41, 5.74) is 3.31. The van der Waals surface area contributed by atoms with Gasteiger partial charge in [0.05, 0.1) is 33.2 Å². The summed E-state index contributed by atoms with van der Waals surface area (Å²) in [5.74, 6) is 0. The van der Waals surface area contributed by atoms with E-state index in [1.165, 1.54) is 0 Å². The van der Waals surface area contributed by atoms with E-state index in [0.717, 1.165) is 22.6 Å². The molecule has 0 bridgehead atoms. The molecule has 0 saturated heterocycles. The molecule has 0 radical (unpaired) electrons. The summed E-state index contributed by atoms with van der Waals surface area (Å²) < 4.78 is 0. The monoisotopic (exact) mass is 496 g/mol. The molecule has 2 aromatic rings. The molecule has 0 spiro atoms. The van der Waals surface area contributed by atoms with Gasteiger partial charge in [0.2, 0.25) is 0 Å². The van der Waals surface area contributed by atoms with E-state index in [1.807, 2.05) is 0 Å². The van der Waals surface area contributed by atoms with E-state index in [0.29, 0.717) is 0 Å². The van der Waals surface area contributed by atoms with Crippen LogP contribution in [0.1, 0.15) is 55.4 Å². The molecule has 0 aromatic heterocycles. The first-order valence-electron chi connectivity index (χ1n) is 10.1. The average molecular weight is 497 g/mol. The zero-order chi connectivity index (χ0) is 19.7. The Labute approximate surface area is 185 Å². The summed E-state index contributed by atoms with van der Waals surface area (Å²) in [6, 6.07) is 22.0. The molecule has 0 unspecified atom stereocenters. The van der Waals surface area contributed by atoms with Crippen molar-refractivity contribution in [3.05, 3.63) is 60.7 Å². The van der Waals surface area contributed by atoms with Gasteiger partial charge in [-0.05, 0) is 79.7 Å². The van der Waals surface area contributed by atoms with Crippen LogP contribution in [-0.4, -0.2) is 22.6 Å². The summed E-state index contributed by atoms with van der Waals surface area (Å²) >= 11 is 0. The molecule has 0 atom stereocenters. The van der Waals surface area contributed by atoms with Crippen LogP contribution in [0.15, 0.2) is 60.7 Å². The smallest absolute Gasteiger partial charge is 0.0620 e. The van der Waals surface area contributed by atoms with Crippen LogP contribution in [0.5, 0.6) is 0 Å². The predicted octanol–water partition coefficient (Wildman–Crippen LogP) is 6.68. The number of hydrogen-bond donors (Lipinski definition) is 0. The fourth-order valence-electron chi connectivity index (χ4n) is 3.93. The Hall–Kier alpha value is -0.0377. The van der Waals surface area contributed by atoms with Crippen molar-refractivity contribution in [2.75, 3.05) is 0 Å². The molecule has 154 valence electrons. The van der Waals surface area contributed by atoms with Gasteiger partial charge in [0.15, 0.2) is 0 Å². The van der Waals surface area contributed by atoms with Gasteiger partial charge in [-0.1, -0.05) is 36.4 Å². The Kier molecular flexibility index (Phi) is 14.0. The van der Waals surface area contributed by atoms with Gasteiger partial charge in [-0.15, -0.1) is 0 Å². The molecular weight excluding hydrogens is 457 g/mol.